The lowest BCUT2D eigenvalue weighted by Gasteiger charge is -1.96. The van der Waals surface area contributed by atoms with Crippen LogP contribution in [0.5, 0.6) is 0 Å². The molecular formula is C8H8N3S2+. The molecule has 0 aromatic rings. The first kappa shape index (κ1) is 8.65. The molecule has 0 amide bonds. The van der Waals surface area contributed by atoms with Gasteiger partial charge in [-0.2, -0.15) is 0 Å². The van der Waals surface area contributed by atoms with Gasteiger partial charge >= 0.3 is 0 Å². The Morgan fingerprint density at radius 3 is 3.15 bits per heavy atom. The van der Waals surface area contributed by atoms with Crippen molar-refractivity contribution in [3.05, 3.63) is 24.0 Å². The minimum Gasteiger partial charge on any atom is -0.350 e. The van der Waals surface area contributed by atoms with Crippen LogP contribution in [-0.4, -0.2) is 21.3 Å². The van der Waals surface area contributed by atoms with Crippen molar-refractivity contribution in [3.8, 4) is 0 Å². The summed E-state index contributed by atoms with van der Waals surface area (Å²) in [5, 5.41) is 0.977. The molecule has 0 radical (unpaired) electrons. The molecule has 2 aliphatic heterocycles. The van der Waals surface area contributed by atoms with Gasteiger partial charge in [-0.05, 0) is 18.3 Å². The maximum absolute atomic E-state index is 5.62. The second-order valence-corrected chi connectivity index (χ2v) is 5.19. The molecule has 0 saturated carbocycles. The quantitative estimate of drug-likeness (QED) is 0.473. The molecular weight excluding hydrogens is 202 g/mol. The summed E-state index contributed by atoms with van der Waals surface area (Å²) in [5.41, 5.74) is 6.67. The van der Waals surface area contributed by atoms with E-state index in [9.17, 15) is 0 Å². The van der Waals surface area contributed by atoms with E-state index in [0.717, 1.165) is 16.4 Å². The van der Waals surface area contributed by atoms with Crippen LogP contribution in [0, 0.1) is 0 Å². The van der Waals surface area contributed by atoms with Crippen molar-refractivity contribution in [1.29, 1.82) is 0 Å². The molecule has 2 heterocycles. The van der Waals surface area contributed by atoms with E-state index in [-0.39, 0.29) is 10.9 Å². The molecule has 2 rings (SSSR count). The highest BCUT2D eigenvalue weighted by Gasteiger charge is 2.37. The third-order valence-electron chi connectivity index (χ3n) is 1.75. The lowest BCUT2D eigenvalue weighted by molar-refractivity contribution is 1.51. The molecule has 0 bridgehead atoms. The van der Waals surface area contributed by atoms with Gasteiger partial charge in [-0.3, -0.25) is 4.99 Å². The van der Waals surface area contributed by atoms with Crippen LogP contribution in [0.2, 0.25) is 0 Å². The van der Waals surface area contributed by atoms with E-state index in [1.807, 2.05) is 0 Å². The highest BCUT2D eigenvalue weighted by molar-refractivity contribution is 8.31. The summed E-state index contributed by atoms with van der Waals surface area (Å²) >= 11 is 4.98. The molecule has 2 aliphatic rings. The Hall–Kier alpha value is -0.940. The third-order valence-corrected chi connectivity index (χ3v) is 4.15. The molecule has 0 aromatic carbocycles. The number of rotatable bonds is 0. The summed E-state index contributed by atoms with van der Waals surface area (Å²) in [5.74, 6) is 0.878. The molecule has 13 heavy (non-hydrogen) atoms. The third kappa shape index (κ3) is 1.57. The lowest BCUT2D eigenvalue weighted by Crippen LogP contribution is -2.28. The van der Waals surface area contributed by atoms with Crippen molar-refractivity contribution in [2.24, 2.45) is 15.7 Å². The molecule has 66 valence electrons. The van der Waals surface area contributed by atoms with Gasteiger partial charge in [0.1, 0.15) is 16.6 Å². The van der Waals surface area contributed by atoms with E-state index >= 15 is 0 Å². The summed E-state index contributed by atoms with van der Waals surface area (Å²) in [6.45, 7) is 0. The van der Waals surface area contributed by atoms with Crippen molar-refractivity contribution in [3.63, 3.8) is 0 Å². The Labute approximate surface area is 84.5 Å². The first-order valence-electron chi connectivity index (χ1n) is 3.76. The average molecular weight is 210 g/mol. The standard InChI is InChI=1S/C8H7N3S2/c9-8(12)13-4-1-6-5-10-2-3-11-7(6)13/h1-3,5H,4H2,(H-,9,12)/p+1. The number of hydrogen-bond donors (Lipinski definition) is 1. The predicted octanol–water partition coefficient (Wildman–Crippen LogP) is 0.742. The van der Waals surface area contributed by atoms with Gasteiger partial charge in [-0.15, -0.1) is 0 Å². The molecule has 5 heteroatoms. The highest BCUT2D eigenvalue weighted by atomic mass is 32.2. The molecule has 0 spiro atoms. The van der Waals surface area contributed by atoms with Crippen LogP contribution in [0.15, 0.2) is 34.0 Å². The van der Waals surface area contributed by atoms with Crippen LogP contribution in [0.1, 0.15) is 0 Å². The minimum absolute atomic E-state index is 0.182. The summed E-state index contributed by atoms with van der Waals surface area (Å²) in [6, 6.07) is 0. The Bertz CT molecular complexity index is 366. The topological polar surface area (TPSA) is 50.7 Å². The second-order valence-electron chi connectivity index (χ2n) is 2.55. The van der Waals surface area contributed by atoms with Gasteiger partial charge in [0.2, 0.25) is 0 Å². The van der Waals surface area contributed by atoms with Gasteiger partial charge in [0.05, 0.1) is 11.8 Å². The van der Waals surface area contributed by atoms with Gasteiger partial charge in [0, 0.05) is 12.4 Å². The minimum atomic E-state index is -0.182. The van der Waals surface area contributed by atoms with Crippen LogP contribution >= 0.6 is 12.2 Å². The van der Waals surface area contributed by atoms with Crippen LogP contribution < -0.4 is 5.73 Å². The van der Waals surface area contributed by atoms with Crippen molar-refractivity contribution in [1.82, 2.24) is 0 Å². The number of fused-ring (bicyclic) bond motifs is 1. The SMILES string of the molecule is NC(=S)[S+]1CC=C2C=NC=CN=C21. The summed E-state index contributed by atoms with van der Waals surface area (Å²) in [6.07, 6.45) is 7.22. The zero-order valence-electron chi connectivity index (χ0n) is 6.80. The van der Waals surface area contributed by atoms with Crippen molar-refractivity contribution < 1.29 is 0 Å². The molecule has 0 saturated heterocycles. The molecule has 0 aliphatic carbocycles. The Morgan fingerprint density at radius 2 is 2.38 bits per heavy atom. The van der Waals surface area contributed by atoms with Crippen molar-refractivity contribution >= 4 is 38.7 Å². The first-order valence-corrected chi connectivity index (χ1v) is 5.56. The van der Waals surface area contributed by atoms with Gasteiger partial charge < -0.3 is 5.73 Å². The van der Waals surface area contributed by atoms with E-state index in [1.54, 1.807) is 18.6 Å². The summed E-state index contributed by atoms with van der Waals surface area (Å²) in [4.78, 5) is 8.31. The fourth-order valence-corrected chi connectivity index (χ4v) is 3.08. The zero-order chi connectivity index (χ0) is 9.26. The molecule has 3 nitrogen and oxygen atoms in total. The van der Waals surface area contributed by atoms with Crippen LogP contribution in [0.4, 0.5) is 0 Å². The van der Waals surface area contributed by atoms with E-state index < -0.39 is 0 Å². The van der Waals surface area contributed by atoms with Crippen molar-refractivity contribution in [2.45, 2.75) is 0 Å². The highest BCUT2D eigenvalue weighted by Crippen LogP contribution is 2.18. The molecule has 0 fully saturated rings. The normalized spacial score (nSPS) is 24.8. The van der Waals surface area contributed by atoms with Gasteiger partial charge in [-0.1, -0.05) is 0 Å². The average Bonchev–Trinajstić information content (AvgIpc) is 2.36. The largest absolute Gasteiger partial charge is 0.350 e. The van der Waals surface area contributed by atoms with E-state index in [2.05, 4.69) is 16.1 Å². The molecule has 0 aromatic heterocycles. The van der Waals surface area contributed by atoms with E-state index in [4.69, 9.17) is 18.0 Å². The first-order chi connectivity index (χ1) is 6.29. The maximum Gasteiger partial charge on any atom is 0.292 e. The summed E-state index contributed by atoms with van der Waals surface area (Å²) < 4.78 is 0.536. The number of hydrogen-bond acceptors (Lipinski definition) is 3. The van der Waals surface area contributed by atoms with Crippen LogP contribution in [0.3, 0.4) is 0 Å². The van der Waals surface area contributed by atoms with Crippen LogP contribution in [0.25, 0.3) is 0 Å². The number of aliphatic imine (C=N–C) groups is 2. The van der Waals surface area contributed by atoms with E-state index in [0.29, 0.717) is 4.32 Å². The van der Waals surface area contributed by atoms with Gasteiger partial charge in [0.15, 0.2) is 0 Å². The number of nitrogens with zero attached hydrogens (tertiary/aromatic N) is 2. The summed E-state index contributed by atoms with van der Waals surface area (Å²) in [7, 11) is -0.182. The second kappa shape index (κ2) is 3.43. The van der Waals surface area contributed by atoms with Gasteiger partial charge in [-0.25, -0.2) is 4.99 Å². The Kier molecular flexibility index (Phi) is 2.28. The smallest absolute Gasteiger partial charge is 0.292 e. The zero-order valence-corrected chi connectivity index (χ0v) is 8.44. The molecule has 1 atom stereocenters. The fourth-order valence-electron chi connectivity index (χ4n) is 1.17. The monoisotopic (exact) mass is 210 g/mol. The maximum atomic E-state index is 5.62. The van der Waals surface area contributed by atoms with Gasteiger partial charge in [0.25, 0.3) is 9.36 Å². The Morgan fingerprint density at radius 1 is 1.54 bits per heavy atom. The van der Waals surface area contributed by atoms with Crippen LogP contribution in [-0.2, 0) is 10.9 Å². The molecule has 2 N–H and O–H groups in total. The predicted molar refractivity (Wildman–Crippen MR) is 62.2 cm³/mol. The lowest BCUT2D eigenvalue weighted by atomic mass is 10.3. The molecule has 1 unspecified atom stereocenters. The fraction of sp³-hybridized carbons (Fsp3) is 0.125. The van der Waals surface area contributed by atoms with E-state index in [1.165, 1.54) is 0 Å². The number of nitrogens with two attached hydrogens (primary N) is 1. The van der Waals surface area contributed by atoms with Crippen molar-refractivity contribution in [2.75, 3.05) is 5.75 Å². The number of thiocarbonyl (C=S) groups is 1. The Balaban J connectivity index is 2.36.